The molecule has 0 aromatic carbocycles. The number of rotatable bonds is 9. The average molecular weight is 274 g/mol. The molecule has 0 saturated carbocycles. The summed E-state index contributed by atoms with van der Waals surface area (Å²) >= 11 is 5.78. The molecule has 0 aliphatic heterocycles. The SMILES string of the molecule is CCCOc1ccnc(N(CCCl)CCOC)n1. The highest BCUT2D eigenvalue weighted by molar-refractivity contribution is 6.18. The average Bonchev–Trinajstić information content (AvgIpc) is 2.41. The lowest BCUT2D eigenvalue weighted by Gasteiger charge is -2.21. The zero-order chi connectivity index (χ0) is 13.2. The van der Waals surface area contributed by atoms with Crippen molar-refractivity contribution in [1.82, 2.24) is 9.97 Å². The van der Waals surface area contributed by atoms with Crippen molar-refractivity contribution in [3.8, 4) is 5.88 Å². The first-order valence-electron chi connectivity index (χ1n) is 6.07. The molecule has 0 saturated heterocycles. The Labute approximate surface area is 113 Å². The summed E-state index contributed by atoms with van der Waals surface area (Å²) in [6.45, 7) is 4.72. The molecule has 1 aromatic heterocycles. The van der Waals surface area contributed by atoms with Gasteiger partial charge < -0.3 is 14.4 Å². The van der Waals surface area contributed by atoms with E-state index in [-0.39, 0.29) is 0 Å². The zero-order valence-electron chi connectivity index (χ0n) is 10.9. The quantitative estimate of drug-likeness (QED) is 0.644. The van der Waals surface area contributed by atoms with Gasteiger partial charge in [0.15, 0.2) is 0 Å². The van der Waals surface area contributed by atoms with Gasteiger partial charge in [0.2, 0.25) is 11.8 Å². The summed E-state index contributed by atoms with van der Waals surface area (Å²) in [5, 5.41) is 0. The first kappa shape index (κ1) is 15.0. The van der Waals surface area contributed by atoms with Crippen LogP contribution in [0.25, 0.3) is 0 Å². The fraction of sp³-hybridized carbons (Fsp3) is 0.667. The number of aromatic nitrogens is 2. The summed E-state index contributed by atoms with van der Waals surface area (Å²) in [6, 6.07) is 1.76. The number of hydrogen-bond donors (Lipinski definition) is 0. The van der Waals surface area contributed by atoms with Crippen LogP contribution in [-0.4, -0.2) is 49.3 Å². The number of halogens is 1. The summed E-state index contributed by atoms with van der Waals surface area (Å²) in [6.07, 6.45) is 2.65. The lowest BCUT2D eigenvalue weighted by atomic mass is 10.5. The van der Waals surface area contributed by atoms with Gasteiger partial charge >= 0.3 is 0 Å². The Morgan fingerprint density at radius 3 is 2.83 bits per heavy atom. The molecule has 0 N–H and O–H groups in total. The maximum absolute atomic E-state index is 5.78. The van der Waals surface area contributed by atoms with E-state index in [1.54, 1.807) is 19.4 Å². The molecule has 0 amide bonds. The molecule has 0 unspecified atom stereocenters. The molecule has 6 heteroatoms. The highest BCUT2D eigenvalue weighted by Crippen LogP contribution is 2.12. The monoisotopic (exact) mass is 273 g/mol. The van der Waals surface area contributed by atoms with Gasteiger partial charge in [-0.3, -0.25) is 0 Å². The second-order valence-corrected chi connectivity index (χ2v) is 4.09. The van der Waals surface area contributed by atoms with E-state index in [2.05, 4.69) is 16.9 Å². The van der Waals surface area contributed by atoms with E-state index in [4.69, 9.17) is 21.1 Å². The van der Waals surface area contributed by atoms with Crippen molar-refractivity contribution in [2.24, 2.45) is 0 Å². The van der Waals surface area contributed by atoms with E-state index in [0.717, 1.165) is 6.42 Å². The molecular formula is C12H20ClN3O2. The molecule has 1 rings (SSSR count). The van der Waals surface area contributed by atoms with E-state index in [9.17, 15) is 0 Å². The van der Waals surface area contributed by atoms with E-state index >= 15 is 0 Å². The van der Waals surface area contributed by atoms with Crippen LogP contribution in [0.4, 0.5) is 5.95 Å². The predicted octanol–water partition coefficient (Wildman–Crippen LogP) is 1.96. The second-order valence-electron chi connectivity index (χ2n) is 3.71. The van der Waals surface area contributed by atoms with Gasteiger partial charge in [0.1, 0.15) is 0 Å². The van der Waals surface area contributed by atoms with Crippen molar-refractivity contribution in [3.63, 3.8) is 0 Å². The fourth-order valence-corrected chi connectivity index (χ4v) is 1.59. The molecule has 102 valence electrons. The minimum atomic E-state index is 0.521. The van der Waals surface area contributed by atoms with E-state index in [0.29, 0.717) is 44.0 Å². The maximum atomic E-state index is 5.78. The van der Waals surface area contributed by atoms with Gasteiger partial charge in [0.25, 0.3) is 0 Å². The summed E-state index contributed by atoms with van der Waals surface area (Å²) in [7, 11) is 1.67. The van der Waals surface area contributed by atoms with Crippen LogP contribution in [0.15, 0.2) is 12.3 Å². The van der Waals surface area contributed by atoms with Crippen LogP contribution in [0.3, 0.4) is 0 Å². The molecule has 0 radical (unpaired) electrons. The van der Waals surface area contributed by atoms with Crippen molar-refractivity contribution in [1.29, 1.82) is 0 Å². The number of alkyl halides is 1. The molecule has 1 heterocycles. The minimum absolute atomic E-state index is 0.521. The smallest absolute Gasteiger partial charge is 0.228 e. The number of methoxy groups -OCH3 is 1. The first-order valence-corrected chi connectivity index (χ1v) is 6.61. The molecule has 0 aliphatic rings. The van der Waals surface area contributed by atoms with E-state index in [1.165, 1.54) is 0 Å². The highest BCUT2D eigenvalue weighted by Gasteiger charge is 2.09. The minimum Gasteiger partial charge on any atom is -0.478 e. The molecule has 5 nitrogen and oxygen atoms in total. The zero-order valence-corrected chi connectivity index (χ0v) is 11.7. The van der Waals surface area contributed by atoms with Crippen LogP contribution in [0, 0.1) is 0 Å². The van der Waals surface area contributed by atoms with Crippen LogP contribution >= 0.6 is 11.6 Å². The third-order valence-corrected chi connectivity index (χ3v) is 2.44. The Bertz CT molecular complexity index is 339. The Kier molecular flexibility index (Phi) is 7.44. The van der Waals surface area contributed by atoms with Gasteiger partial charge in [-0.05, 0) is 6.42 Å². The molecule has 0 atom stereocenters. The molecule has 0 fully saturated rings. The third-order valence-electron chi connectivity index (χ3n) is 2.27. The van der Waals surface area contributed by atoms with Gasteiger partial charge in [-0.1, -0.05) is 6.92 Å². The van der Waals surface area contributed by atoms with Crippen molar-refractivity contribution in [3.05, 3.63) is 12.3 Å². The van der Waals surface area contributed by atoms with Crippen LogP contribution in [-0.2, 0) is 4.74 Å². The van der Waals surface area contributed by atoms with Gasteiger partial charge in [0.05, 0.1) is 13.2 Å². The highest BCUT2D eigenvalue weighted by atomic mass is 35.5. The summed E-state index contributed by atoms with van der Waals surface area (Å²) in [5.74, 6) is 1.74. The Morgan fingerprint density at radius 2 is 2.17 bits per heavy atom. The van der Waals surface area contributed by atoms with Gasteiger partial charge in [-0.25, -0.2) is 4.98 Å². The Hall–Kier alpha value is -1.07. The van der Waals surface area contributed by atoms with Crippen LogP contribution in [0.5, 0.6) is 5.88 Å². The number of hydrogen-bond acceptors (Lipinski definition) is 5. The number of anilines is 1. The third kappa shape index (κ3) is 5.06. The molecule has 18 heavy (non-hydrogen) atoms. The van der Waals surface area contributed by atoms with Gasteiger partial charge in [-0.15, -0.1) is 11.6 Å². The predicted molar refractivity (Wildman–Crippen MR) is 72.6 cm³/mol. The lowest BCUT2D eigenvalue weighted by molar-refractivity contribution is 0.205. The van der Waals surface area contributed by atoms with Crippen LogP contribution in [0.2, 0.25) is 0 Å². The standard InChI is InChI=1S/C12H20ClN3O2/c1-3-9-18-11-4-6-14-12(15-11)16(7-5-13)8-10-17-2/h4,6H,3,5,7-10H2,1-2H3. The molecule has 1 aromatic rings. The topological polar surface area (TPSA) is 47.5 Å². The fourth-order valence-electron chi connectivity index (χ4n) is 1.39. The normalized spacial score (nSPS) is 10.4. The van der Waals surface area contributed by atoms with Crippen LogP contribution < -0.4 is 9.64 Å². The van der Waals surface area contributed by atoms with Crippen molar-refractivity contribution in [2.75, 3.05) is 44.2 Å². The van der Waals surface area contributed by atoms with E-state index in [1.807, 2.05) is 4.90 Å². The Balaban J connectivity index is 2.70. The summed E-state index contributed by atoms with van der Waals surface area (Å²) < 4.78 is 10.6. The van der Waals surface area contributed by atoms with Crippen LogP contribution in [0.1, 0.15) is 13.3 Å². The largest absolute Gasteiger partial charge is 0.478 e. The number of ether oxygens (including phenoxy) is 2. The Morgan fingerprint density at radius 1 is 1.33 bits per heavy atom. The summed E-state index contributed by atoms with van der Waals surface area (Å²) in [5.41, 5.74) is 0. The molecule has 0 spiro atoms. The molecule has 0 bridgehead atoms. The maximum Gasteiger partial charge on any atom is 0.228 e. The first-order chi connectivity index (χ1) is 8.81. The van der Waals surface area contributed by atoms with Gasteiger partial charge in [0, 0.05) is 38.3 Å². The summed E-state index contributed by atoms with van der Waals surface area (Å²) in [4.78, 5) is 10.6. The lowest BCUT2D eigenvalue weighted by Crippen LogP contribution is -2.30. The van der Waals surface area contributed by atoms with E-state index < -0.39 is 0 Å². The van der Waals surface area contributed by atoms with Gasteiger partial charge in [-0.2, -0.15) is 4.98 Å². The van der Waals surface area contributed by atoms with Crippen molar-refractivity contribution in [2.45, 2.75) is 13.3 Å². The van der Waals surface area contributed by atoms with Crippen molar-refractivity contribution < 1.29 is 9.47 Å². The molecule has 0 aliphatic carbocycles. The molecular weight excluding hydrogens is 254 g/mol. The van der Waals surface area contributed by atoms with Crippen molar-refractivity contribution >= 4 is 17.5 Å². The second kappa shape index (κ2) is 8.94. The number of nitrogens with zero attached hydrogens (tertiary/aromatic N) is 3.